The van der Waals surface area contributed by atoms with Gasteiger partial charge in [0.25, 0.3) is 0 Å². The van der Waals surface area contributed by atoms with Crippen LogP contribution >= 0.6 is 0 Å². The van der Waals surface area contributed by atoms with Crippen LogP contribution in [0.3, 0.4) is 0 Å². The van der Waals surface area contributed by atoms with E-state index in [1.807, 2.05) is 0 Å². The van der Waals surface area contributed by atoms with Gasteiger partial charge in [-0.3, -0.25) is 0 Å². The van der Waals surface area contributed by atoms with Gasteiger partial charge in [0, 0.05) is 5.75 Å². The van der Waals surface area contributed by atoms with Crippen LogP contribution in [-0.2, 0) is 14.9 Å². The molecule has 0 aromatic rings. The molecule has 0 radical (unpaired) electrons. The Morgan fingerprint density at radius 3 is 2.60 bits per heavy atom. The van der Waals surface area contributed by atoms with Gasteiger partial charge in [0.05, 0.1) is 23.0 Å². The van der Waals surface area contributed by atoms with Crippen molar-refractivity contribution in [1.82, 2.24) is 0 Å². The Balaban J connectivity index is 3.29. The van der Waals surface area contributed by atoms with Gasteiger partial charge in [-0.25, -0.2) is 8.42 Å². The standard InChI is InChI=1S/C5H10O4S/c1-2-9-4-3-5-10(6,7)8/h2H,1,3-5H2,(H,6,7,8)/p-1. The highest BCUT2D eigenvalue weighted by atomic mass is 32.2. The summed E-state index contributed by atoms with van der Waals surface area (Å²) >= 11 is 0. The number of hydrogen-bond donors (Lipinski definition) is 0. The first kappa shape index (κ1) is 9.45. The van der Waals surface area contributed by atoms with Crippen LogP contribution in [0.5, 0.6) is 0 Å². The van der Waals surface area contributed by atoms with E-state index in [9.17, 15) is 13.0 Å². The van der Waals surface area contributed by atoms with E-state index in [1.165, 1.54) is 6.26 Å². The number of hydrogen-bond acceptors (Lipinski definition) is 4. The van der Waals surface area contributed by atoms with Gasteiger partial charge in [-0.15, -0.1) is 0 Å². The Bertz CT molecular complexity index is 182. The van der Waals surface area contributed by atoms with Crippen molar-refractivity contribution < 1.29 is 17.7 Å². The monoisotopic (exact) mass is 165 g/mol. The Hall–Kier alpha value is -0.550. The molecular weight excluding hydrogens is 156 g/mol. The van der Waals surface area contributed by atoms with Crippen LogP contribution in [0.1, 0.15) is 6.42 Å². The van der Waals surface area contributed by atoms with Crippen molar-refractivity contribution in [2.24, 2.45) is 0 Å². The lowest BCUT2D eigenvalue weighted by Crippen LogP contribution is -2.06. The lowest BCUT2D eigenvalue weighted by Gasteiger charge is -2.04. The van der Waals surface area contributed by atoms with Crippen LogP contribution < -0.4 is 0 Å². The van der Waals surface area contributed by atoms with Gasteiger partial charge in [-0.2, -0.15) is 0 Å². The van der Waals surface area contributed by atoms with Crippen LogP contribution in [0.2, 0.25) is 0 Å². The van der Waals surface area contributed by atoms with Crippen molar-refractivity contribution in [3.63, 3.8) is 0 Å². The minimum absolute atomic E-state index is 0.220. The molecule has 0 atom stereocenters. The van der Waals surface area contributed by atoms with E-state index in [0.29, 0.717) is 0 Å². The first-order valence-corrected chi connectivity index (χ1v) is 4.30. The van der Waals surface area contributed by atoms with Crippen LogP contribution in [-0.4, -0.2) is 25.3 Å². The summed E-state index contributed by atoms with van der Waals surface area (Å²) in [6.45, 7) is 3.47. The van der Waals surface area contributed by atoms with E-state index in [0.717, 1.165) is 0 Å². The topological polar surface area (TPSA) is 66.4 Å². The van der Waals surface area contributed by atoms with Crippen molar-refractivity contribution in [2.45, 2.75) is 6.42 Å². The van der Waals surface area contributed by atoms with Crippen molar-refractivity contribution in [3.05, 3.63) is 12.8 Å². The molecule has 0 fully saturated rings. The quantitative estimate of drug-likeness (QED) is 0.329. The van der Waals surface area contributed by atoms with Gasteiger partial charge < -0.3 is 9.29 Å². The second kappa shape index (κ2) is 4.29. The Kier molecular flexibility index (Phi) is 4.06. The van der Waals surface area contributed by atoms with E-state index < -0.39 is 10.1 Å². The number of rotatable bonds is 5. The van der Waals surface area contributed by atoms with Gasteiger partial charge in [0.15, 0.2) is 0 Å². The van der Waals surface area contributed by atoms with Crippen molar-refractivity contribution in [3.8, 4) is 0 Å². The van der Waals surface area contributed by atoms with Crippen LogP contribution in [0, 0.1) is 0 Å². The van der Waals surface area contributed by atoms with Crippen LogP contribution in [0.25, 0.3) is 0 Å². The third kappa shape index (κ3) is 7.45. The molecule has 0 rings (SSSR count). The molecule has 0 N–H and O–H groups in total. The van der Waals surface area contributed by atoms with Crippen LogP contribution in [0.15, 0.2) is 12.8 Å². The summed E-state index contributed by atoms with van der Waals surface area (Å²) < 4.78 is 34.5. The molecule has 0 unspecified atom stereocenters. The third-order valence-electron chi connectivity index (χ3n) is 0.774. The molecule has 0 heterocycles. The third-order valence-corrected chi connectivity index (χ3v) is 1.56. The maximum absolute atomic E-state index is 9.96. The van der Waals surface area contributed by atoms with Gasteiger partial charge in [-0.05, 0) is 6.42 Å². The van der Waals surface area contributed by atoms with E-state index in [4.69, 9.17) is 0 Å². The summed E-state index contributed by atoms with van der Waals surface area (Å²) in [6, 6.07) is 0. The Labute approximate surface area is 60.3 Å². The summed E-state index contributed by atoms with van der Waals surface area (Å²) in [7, 11) is -4.07. The van der Waals surface area contributed by atoms with E-state index in [-0.39, 0.29) is 18.8 Å². The normalized spacial score (nSPS) is 10.9. The fourth-order valence-electron chi connectivity index (χ4n) is 0.402. The molecule has 5 heteroatoms. The molecule has 0 amide bonds. The number of ether oxygens (including phenoxy) is 1. The molecule has 0 aromatic heterocycles. The van der Waals surface area contributed by atoms with Gasteiger partial charge in [0.1, 0.15) is 0 Å². The Morgan fingerprint density at radius 2 is 2.20 bits per heavy atom. The molecule has 0 spiro atoms. The van der Waals surface area contributed by atoms with Crippen molar-refractivity contribution in [2.75, 3.05) is 12.4 Å². The molecule has 0 bridgehead atoms. The first-order valence-electron chi connectivity index (χ1n) is 2.72. The van der Waals surface area contributed by atoms with E-state index in [2.05, 4.69) is 11.3 Å². The van der Waals surface area contributed by atoms with Gasteiger partial charge in [0.2, 0.25) is 0 Å². The minimum atomic E-state index is -4.07. The average molecular weight is 165 g/mol. The lowest BCUT2D eigenvalue weighted by atomic mass is 10.5. The molecule has 0 aliphatic heterocycles. The van der Waals surface area contributed by atoms with Crippen LogP contribution in [0.4, 0.5) is 0 Å². The zero-order valence-electron chi connectivity index (χ0n) is 5.45. The molecule has 0 aliphatic rings. The maximum atomic E-state index is 9.96. The lowest BCUT2D eigenvalue weighted by molar-refractivity contribution is 0.250. The fourth-order valence-corrected chi connectivity index (χ4v) is 0.874. The van der Waals surface area contributed by atoms with E-state index in [1.54, 1.807) is 0 Å². The highest BCUT2D eigenvalue weighted by molar-refractivity contribution is 7.85. The molecule has 0 saturated heterocycles. The largest absolute Gasteiger partial charge is 0.748 e. The van der Waals surface area contributed by atoms with E-state index >= 15 is 0 Å². The molecule has 60 valence electrons. The zero-order valence-corrected chi connectivity index (χ0v) is 6.26. The predicted molar refractivity (Wildman–Crippen MR) is 35.3 cm³/mol. The summed E-state index contributed by atoms with van der Waals surface area (Å²) in [4.78, 5) is 0. The molecule has 4 nitrogen and oxygen atoms in total. The maximum Gasteiger partial charge on any atom is 0.0947 e. The molecular formula is C5H9O4S-. The zero-order chi connectivity index (χ0) is 8.04. The predicted octanol–water partition coefficient (Wildman–Crippen LogP) is 0.0818. The molecule has 0 saturated carbocycles. The fraction of sp³-hybridized carbons (Fsp3) is 0.600. The summed E-state index contributed by atoms with van der Waals surface area (Å²) in [5.74, 6) is -0.374. The highest BCUT2D eigenvalue weighted by Crippen LogP contribution is 1.88. The molecule has 10 heavy (non-hydrogen) atoms. The van der Waals surface area contributed by atoms with Gasteiger partial charge >= 0.3 is 0 Å². The first-order chi connectivity index (χ1) is 4.56. The summed E-state index contributed by atoms with van der Waals surface area (Å²) in [5, 5.41) is 0. The second-order valence-corrected chi connectivity index (χ2v) is 3.18. The average Bonchev–Trinajstić information content (AvgIpc) is 1.78. The SMILES string of the molecule is C=COCCCS(=O)(=O)[O-]. The highest BCUT2D eigenvalue weighted by Gasteiger charge is 1.93. The molecule has 0 aliphatic carbocycles. The van der Waals surface area contributed by atoms with Crippen molar-refractivity contribution >= 4 is 10.1 Å². The Morgan fingerprint density at radius 1 is 1.60 bits per heavy atom. The second-order valence-electron chi connectivity index (χ2n) is 1.65. The van der Waals surface area contributed by atoms with Crippen molar-refractivity contribution in [1.29, 1.82) is 0 Å². The summed E-state index contributed by atoms with van der Waals surface area (Å²) in [5.41, 5.74) is 0. The summed E-state index contributed by atoms with van der Waals surface area (Å²) in [6.07, 6.45) is 1.43. The molecule has 0 aromatic carbocycles. The smallest absolute Gasteiger partial charge is 0.0947 e. The van der Waals surface area contributed by atoms with Gasteiger partial charge in [-0.1, -0.05) is 6.58 Å². The minimum Gasteiger partial charge on any atom is -0.748 e.